The third-order valence-corrected chi connectivity index (χ3v) is 3.71. The molecule has 2 atom stereocenters. The van der Waals surface area contributed by atoms with Gasteiger partial charge in [0.15, 0.2) is 0 Å². The third kappa shape index (κ3) is 2.23. The summed E-state index contributed by atoms with van der Waals surface area (Å²) in [5, 5.41) is 11.2. The molecule has 2 unspecified atom stereocenters. The van der Waals surface area contributed by atoms with Crippen LogP contribution in [0, 0.1) is 17.0 Å². The second kappa shape index (κ2) is 4.57. The van der Waals surface area contributed by atoms with Crippen molar-refractivity contribution in [2.75, 3.05) is 18.0 Å². The van der Waals surface area contributed by atoms with Crippen LogP contribution in [0.5, 0.6) is 0 Å². The van der Waals surface area contributed by atoms with E-state index in [0.29, 0.717) is 24.6 Å². The van der Waals surface area contributed by atoms with Crippen molar-refractivity contribution in [3.63, 3.8) is 0 Å². The highest BCUT2D eigenvalue weighted by atomic mass is 35.5. The number of rotatable bonds is 2. The summed E-state index contributed by atoms with van der Waals surface area (Å²) in [5.74, 6) is 0.308. The van der Waals surface area contributed by atoms with E-state index >= 15 is 0 Å². The standard InChI is InChI=1S/C11H13ClN4O3/c1-6-9(16(17)18)10(14-11(12)13-6)15-4-7-2-3-8(5-15)19-7/h7-8H,2-5H2,1H3. The number of halogens is 1. The van der Waals surface area contributed by atoms with Gasteiger partial charge in [0, 0.05) is 13.1 Å². The Hall–Kier alpha value is -1.47. The predicted molar refractivity (Wildman–Crippen MR) is 68.5 cm³/mol. The number of aromatic nitrogens is 2. The Balaban J connectivity index is 2.01. The molecule has 0 saturated carbocycles. The maximum atomic E-state index is 11.2. The first kappa shape index (κ1) is 12.6. The van der Waals surface area contributed by atoms with Crippen molar-refractivity contribution in [3.8, 4) is 0 Å². The summed E-state index contributed by atoms with van der Waals surface area (Å²) in [7, 11) is 0. The Morgan fingerprint density at radius 1 is 1.37 bits per heavy atom. The molecule has 0 radical (unpaired) electrons. The van der Waals surface area contributed by atoms with Crippen LogP contribution in [0.15, 0.2) is 0 Å². The molecular weight excluding hydrogens is 272 g/mol. The Labute approximate surface area is 114 Å². The molecule has 0 aromatic carbocycles. The number of hydrogen-bond acceptors (Lipinski definition) is 6. The summed E-state index contributed by atoms with van der Waals surface area (Å²) < 4.78 is 5.72. The lowest BCUT2D eigenvalue weighted by Crippen LogP contribution is -2.43. The third-order valence-electron chi connectivity index (χ3n) is 3.54. The van der Waals surface area contributed by atoms with Crippen LogP contribution in [-0.4, -0.2) is 40.2 Å². The lowest BCUT2D eigenvalue weighted by Gasteiger charge is -2.32. The van der Waals surface area contributed by atoms with Gasteiger partial charge in [-0.1, -0.05) is 0 Å². The molecule has 3 rings (SSSR count). The van der Waals surface area contributed by atoms with E-state index in [1.165, 1.54) is 0 Å². The monoisotopic (exact) mass is 284 g/mol. The average molecular weight is 285 g/mol. The number of morpholine rings is 1. The molecule has 2 fully saturated rings. The molecule has 3 heterocycles. The minimum atomic E-state index is -0.446. The molecule has 102 valence electrons. The lowest BCUT2D eigenvalue weighted by molar-refractivity contribution is -0.385. The van der Waals surface area contributed by atoms with Gasteiger partial charge in [-0.15, -0.1) is 0 Å². The molecule has 2 aliphatic rings. The van der Waals surface area contributed by atoms with Crippen LogP contribution in [0.2, 0.25) is 5.28 Å². The van der Waals surface area contributed by atoms with Crippen LogP contribution in [0.4, 0.5) is 11.5 Å². The topological polar surface area (TPSA) is 81.4 Å². The lowest BCUT2D eigenvalue weighted by atomic mass is 10.2. The SMILES string of the molecule is Cc1nc(Cl)nc(N2CC3CCC(C2)O3)c1[N+](=O)[O-]. The van der Waals surface area contributed by atoms with E-state index in [4.69, 9.17) is 16.3 Å². The molecule has 2 aliphatic heterocycles. The van der Waals surface area contributed by atoms with Crippen LogP contribution in [0.3, 0.4) is 0 Å². The van der Waals surface area contributed by atoms with Gasteiger partial charge in [0.2, 0.25) is 11.1 Å². The number of ether oxygens (including phenoxy) is 1. The zero-order chi connectivity index (χ0) is 13.6. The predicted octanol–water partition coefficient (Wildman–Crippen LogP) is 1.71. The van der Waals surface area contributed by atoms with Crippen LogP contribution in [0.25, 0.3) is 0 Å². The van der Waals surface area contributed by atoms with Gasteiger partial charge in [-0.2, -0.15) is 4.98 Å². The van der Waals surface area contributed by atoms with E-state index in [0.717, 1.165) is 12.8 Å². The Bertz CT molecular complexity index is 527. The molecule has 0 amide bonds. The van der Waals surface area contributed by atoms with Gasteiger partial charge in [0.1, 0.15) is 5.69 Å². The first-order valence-electron chi connectivity index (χ1n) is 6.13. The minimum Gasteiger partial charge on any atom is -0.371 e. The summed E-state index contributed by atoms with van der Waals surface area (Å²) >= 11 is 5.83. The van der Waals surface area contributed by atoms with Crippen LogP contribution in [-0.2, 0) is 4.74 Å². The van der Waals surface area contributed by atoms with E-state index in [1.54, 1.807) is 6.92 Å². The molecule has 2 saturated heterocycles. The Morgan fingerprint density at radius 2 is 2.00 bits per heavy atom. The van der Waals surface area contributed by atoms with E-state index in [1.807, 2.05) is 4.90 Å². The van der Waals surface area contributed by atoms with Crippen molar-refractivity contribution in [2.45, 2.75) is 32.0 Å². The molecule has 2 bridgehead atoms. The number of aryl methyl sites for hydroxylation is 1. The maximum absolute atomic E-state index is 11.2. The van der Waals surface area contributed by atoms with Crippen molar-refractivity contribution in [1.82, 2.24) is 9.97 Å². The van der Waals surface area contributed by atoms with Crippen molar-refractivity contribution in [2.24, 2.45) is 0 Å². The second-order valence-electron chi connectivity index (χ2n) is 4.87. The van der Waals surface area contributed by atoms with Gasteiger partial charge >= 0.3 is 5.69 Å². The number of fused-ring (bicyclic) bond motifs is 2. The average Bonchev–Trinajstić information content (AvgIpc) is 2.66. The van der Waals surface area contributed by atoms with Gasteiger partial charge in [-0.3, -0.25) is 10.1 Å². The Kier molecular flexibility index (Phi) is 3.02. The highest BCUT2D eigenvalue weighted by Crippen LogP contribution is 2.35. The highest BCUT2D eigenvalue weighted by Gasteiger charge is 2.37. The fraction of sp³-hybridized carbons (Fsp3) is 0.636. The minimum absolute atomic E-state index is 0.0388. The molecule has 1 aromatic heterocycles. The van der Waals surface area contributed by atoms with Crippen molar-refractivity contribution < 1.29 is 9.66 Å². The number of anilines is 1. The normalized spacial score (nSPS) is 25.7. The molecule has 0 N–H and O–H groups in total. The molecule has 0 spiro atoms. The summed E-state index contributed by atoms with van der Waals surface area (Å²) in [6.45, 7) is 2.80. The van der Waals surface area contributed by atoms with Crippen LogP contribution < -0.4 is 4.90 Å². The fourth-order valence-electron chi connectivity index (χ4n) is 2.74. The van der Waals surface area contributed by atoms with Crippen LogP contribution >= 0.6 is 11.6 Å². The first-order valence-corrected chi connectivity index (χ1v) is 6.51. The number of hydrogen-bond donors (Lipinski definition) is 0. The van der Waals surface area contributed by atoms with Gasteiger partial charge in [0.05, 0.1) is 17.1 Å². The zero-order valence-corrected chi connectivity index (χ0v) is 11.1. The quantitative estimate of drug-likeness (QED) is 0.467. The smallest absolute Gasteiger partial charge is 0.332 e. The molecule has 1 aromatic rings. The maximum Gasteiger partial charge on any atom is 0.332 e. The van der Waals surface area contributed by atoms with Crippen molar-refractivity contribution in [3.05, 3.63) is 21.1 Å². The zero-order valence-electron chi connectivity index (χ0n) is 10.4. The summed E-state index contributed by atoms with van der Waals surface area (Å²) in [5.41, 5.74) is 0.226. The van der Waals surface area contributed by atoms with E-state index < -0.39 is 4.92 Å². The summed E-state index contributed by atoms with van der Waals surface area (Å²) in [6.07, 6.45) is 2.25. The second-order valence-corrected chi connectivity index (χ2v) is 5.21. The highest BCUT2D eigenvalue weighted by molar-refractivity contribution is 6.28. The largest absolute Gasteiger partial charge is 0.371 e. The molecule has 8 heteroatoms. The van der Waals surface area contributed by atoms with Gasteiger partial charge in [0.25, 0.3) is 0 Å². The van der Waals surface area contributed by atoms with Crippen molar-refractivity contribution >= 4 is 23.1 Å². The van der Waals surface area contributed by atoms with E-state index in [2.05, 4.69) is 9.97 Å². The van der Waals surface area contributed by atoms with Crippen molar-refractivity contribution in [1.29, 1.82) is 0 Å². The van der Waals surface area contributed by atoms with E-state index in [9.17, 15) is 10.1 Å². The van der Waals surface area contributed by atoms with Gasteiger partial charge in [-0.05, 0) is 31.4 Å². The molecular formula is C11H13ClN4O3. The number of nitrogens with zero attached hydrogens (tertiary/aromatic N) is 4. The Morgan fingerprint density at radius 3 is 2.58 bits per heavy atom. The molecule has 0 aliphatic carbocycles. The number of nitro groups is 1. The van der Waals surface area contributed by atoms with E-state index in [-0.39, 0.29) is 23.2 Å². The van der Waals surface area contributed by atoms with Gasteiger partial charge < -0.3 is 9.64 Å². The fourth-order valence-corrected chi connectivity index (χ4v) is 2.95. The summed E-state index contributed by atoms with van der Waals surface area (Å²) in [4.78, 5) is 20.6. The molecule has 19 heavy (non-hydrogen) atoms. The first-order chi connectivity index (χ1) is 9.04. The van der Waals surface area contributed by atoms with Crippen LogP contribution in [0.1, 0.15) is 18.5 Å². The molecule has 7 nitrogen and oxygen atoms in total. The van der Waals surface area contributed by atoms with Gasteiger partial charge in [-0.25, -0.2) is 4.98 Å². The summed E-state index contributed by atoms with van der Waals surface area (Å²) in [6, 6.07) is 0.